The molecule has 4 heteroatoms. The molecule has 1 aromatic rings. The molecule has 0 heterocycles. The molecule has 0 aromatic heterocycles. The smallest absolute Gasteiger partial charge is 0.329 e. The minimum Gasteiger partial charge on any atom is -0.480 e. The number of carboxylic acid groups (broad SMARTS) is 1. The van der Waals surface area contributed by atoms with Gasteiger partial charge in [0.15, 0.2) is 5.78 Å². The molecule has 0 unspecified atom stereocenters. The molecule has 1 rings (SSSR count). The SMILES string of the molecule is CCc1ccc(C(=O)COCC(=O)O)cc1CC. The molecule has 98 valence electrons. The van der Waals surface area contributed by atoms with Crippen LogP contribution in [0.1, 0.15) is 35.3 Å². The molecule has 0 atom stereocenters. The molecule has 0 radical (unpaired) electrons. The second-order valence-corrected chi connectivity index (χ2v) is 4.00. The second kappa shape index (κ2) is 6.91. The molecule has 0 saturated carbocycles. The summed E-state index contributed by atoms with van der Waals surface area (Å²) in [6.45, 7) is 3.48. The van der Waals surface area contributed by atoms with Crippen molar-refractivity contribution in [2.45, 2.75) is 26.7 Å². The van der Waals surface area contributed by atoms with Crippen LogP contribution in [0.15, 0.2) is 18.2 Å². The van der Waals surface area contributed by atoms with Crippen LogP contribution in [0, 0.1) is 0 Å². The molecule has 0 amide bonds. The summed E-state index contributed by atoms with van der Waals surface area (Å²) in [5.74, 6) is -1.26. The second-order valence-electron chi connectivity index (χ2n) is 4.00. The van der Waals surface area contributed by atoms with Crippen LogP contribution < -0.4 is 0 Å². The minimum atomic E-state index is -1.07. The molecule has 0 bridgehead atoms. The third-order valence-corrected chi connectivity index (χ3v) is 2.75. The predicted molar refractivity (Wildman–Crippen MR) is 68.0 cm³/mol. The maximum atomic E-state index is 11.8. The van der Waals surface area contributed by atoms with E-state index in [0.717, 1.165) is 18.4 Å². The first kappa shape index (κ1) is 14.4. The molecule has 4 nitrogen and oxygen atoms in total. The number of hydrogen-bond donors (Lipinski definition) is 1. The molecular weight excluding hydrogens is 232 g/mol. The summed E-state index contributed by atoms with van der Waals surface area (Å²) >= 11 is 0. The van der Waals surface area contributed by atoms with Gasteiger partial charge in [0.05, 0.1) is 0 Å². The van der Waals surface area contributed by atoms with E-state index in [9.17, 15) is 9.59 Å². The van der Waals surface area contributed by atoms with Gasteiger partial charge < -0.3 is 9.84 Å². The lowest BCUT2D eigenvalue weighted by molar-refractivity contribution is -0.141. The van der Waals surface area contributed by atoms with Gasteiger partial charge in [0.25, 0.3) is 0 Å². The number of aliphatic carboxylic acids is 1. The van der Waals surface area contributed by atoms with Crippen LogP contribution in [0.3, 0.4) is 0 Å². The van der Waals surface area contributed by atoms with E-state index in [1.807, 2.05) is 19.1 Å². The first-order valence-electron chi connectivity index (χ1n) is 6.03. The van der Waals surface area contributed by atoms with Crippen LogP contribution in [0.25, 0.3) is 0 Å². The van der Waals surface area contributed by atoms with Crippen molar-refractivity contribution >= 4 is 11.8 Å². The molecule has 1 N–H and O–H groups in total. The van der Waals surface area contributed by atoms with Crippen molar-refractivity contribution < 1.29 is 19.4 Å². The van der Waals surface area contributed by atoms with Crippen LogP contribution in [0.5, 0.6) is 0 Å². The van der Waals surface area contributed by atoms with E-state index in [4.69, 9.17) is 9.84 Å². The quantitative estimate of drug-likeness (QED) is 0.753. The van der Waals surface area contributed by atoms with Crippen LogP contribution in [0.2, 0.25) is 0 Å². The van der Waals surface area contributed by atoms with E-state index < -0.39 is 12.6 Å². The fourth-order valence-corrected chi connectivity index (χ4v) is 1.79. The number of aryl methyl sites for hydroxylation is 2. The van der Waals surface area contributed by atoms with Gasteiger partial charge in [-0.1, -0.05) is 26.0 Å². The van der Waals surface area contributed by atoms with Crippen molar-refractivity contribution in [2.75, 3.05) is 13.2 Å². The van der Waals surface area contributed by atoms with E-state index in [2.05, 4.69) is 6.92 Å². The number of carboxylic acids is 1. The van der Waals surface area contributed by atoms with Crippen LogP contribution in [0.4, 0.5) is 0 Å². The maximum Gasteiger partial charge on any atom is 0.329 e. The first-order chi connectivity index (χ1) is 8.58. The van der Waals surface area contributed by atoms with E-state index in [0.29, 0.717) is 5.56 Å². The zero-order chi connectivity index (χ0) is 13.5. The average molecular weight is 250 g/mol. The van der Waals surface area contributed by atoms with Gasteiger partial charge >= 0.3 is 5.97 Å². The molecule has 0 saturated heterocycles. The zero-order valence-corrected chi connectivity index (χ0v) is 10.7. The largest absolute Gasteiger partial charge is 0.480 e. The summed E-state index contributed by atoms with van der Waals surface area (Å²) in [6, 6.07) is 5.58. The summed E-state index contributed by atoms with van der Waals surface area (Å²) < 4.78 is 4.79. The Morgan fingerprint density at radius 2 is 1.78 bits per heavy atom. The van der Waals surface area contributed by atoms with Gasteiger partial charge in [-0.3, -0.25) is 4.79 Å². The molecule has 0 aliphatic heterocycles. The number of carbonyl (C=O) groups is 2. The van der Waals surface area contributed by atoms with Gasteiger partial charge in [-0.25, -0.2) is 4.79 Å². The normalized spacial score (nSPS) is 10.3. The summed E-state index contributed by atoms with van der Waals surface area (Å²) in [4.78, 5) is 22.0. The number of benzene rings is 1. The number of carbonyl (C=O) groups excluding carboxylic acids is 1. The highest BCUT2D eigenvalue weighted by Crippen LogP contribution is 2.14. The van der Waals surface area contributed by atoms with Crippen LogP contribution in [-0.2, 0) is 22.4 Å². The average Bonchev–Trinajstić information content (AvgIpc) is 2.37. The molecule has 1 aromatic carbocycles. The molecule has 0 fully saturated rings. The van der Waals surface area contributed by atoms with E-state index in [-0.39, 0.29) is 12.4 Å². The van der Waals surface area contributed by atoms with Gasteiger partial charge in [0.2, 0.25) is 0 Å². The van der Waals surface area contributed by atoms with E-state index in [1.54, 1.807) is 6.07 Å². The van der Waals surface area contributed by atoms with Gasteiger partial charge in [-0.15, -0.1) is 0 Å². The number of rotatable bonds is 7. The lowest BCUT2D eigenvalue weighted by Gasteiger charge is -2.08. The lowest BCUT2D eigenvalue weighted by atomic mass is 9.98. The monoisotopic (exact) mass is 250 g/mol. The van der Waals surface area contributed by atoms with Crippen molar-refractivity contribution in [1.82, 2.24) is 0 Å². The Labute approximate surface area is 107 Å². The third kappa shape index (κ3) is 3.96. The topological polar surface area (TPSA) is 63.6 Å². The Kier molecular flexibility index (Phi) is 5.52. The standard InChI is InChI=1S/C14H18O4/c1-3-10-5-6-12(7-11(10)4-2)13(15)8-18-9-14(16)17/h5-7H,3-4,8-9H2,1-2H3,(H,16,17). The van der Waals surface area contributed by atoms with Crippen molar-refractivity contribution in [1.29, 1.82) is 0 Å². The predicted octanol–water partition coefficient (Wildman–Crippen LogP) is 2.10. The van der Waals surface area contributed by atoms with Gasteiger partial charge in [0.1, 0.15) is 13.2 Å². The van der Waals surface area contributed by atoms with Crippen LogP contribution >= 0.6 is 0 Å². The maximum absolute atomic E-state index is 11.8. The number of Topliss-reactive ketones (excluding diaryl/α,β-unsaturated/α-hetero) is 1. The van der Waals surface area contributed by atoms with E-state index >= 15 is 0 Å². The number of ether oxygens (including phenoxy) is 1. The highest BCUT2D eigenvalue weighted by atomic mass is 16.5. The van der Waals surface area contributed by atoms with Crippen molar-refractivity contribution in [3.05, 3.63) is 34.9 Å². The van der Waals surface area contributed by atoms with E-state index in [1.165, 1.54) is 5.56 Å². The van der Waals surface area contributed by atoms with Crippen molar-refractivity contribution in [3.8, 4) is 0 Å². The Morgan fingerprint density at radius 1 is 1.11 bits per heavy atom. The molecular formula is C14H18O4. The summed E-state index contributed by atoms with van der Waals surface area (Å²) in [6.07, 6.45) is 1.81. The Balaban J connectivity index is 2.71. The number of hydrogen-bond acceptors (Lipinski definition) is 3. The fourth-order valence-electron chi connectivity index (χ4n) is 1.79. The van der Waals surface area contributed by atoms with Crippen molar-refractivity contribution in [2.24, 2.45) is 0 Å². The van der Waals surface area contributed by atoms with Gasteiger partial charge in [-0.05, 0) is 30.0 Å². The fraction of sp³-hybridized carbons (Fsp3) is 0.429. The van der Waals surface area contributed by atoms with Gasteiger partial charge in [0, 0.05) is 5.56 Å². The molecule has 0 spiro atoms. The zero-order valence-electron chi connectivity index (χ0n) is 10.7. The summed E-state index contributed by atoms with van der Waals surface area (Å²) in [7, 11) is 0. The highest BCUT2D eigenvalue weighted by Gasteiger charge is 2.09. The Hall–Kier alpha value is -1.68. The third-order valence-electron chi connectivity index (χ3n) is 2.75. The molecule has 0 aliphatic carbocycles. The number of ketones is 1. The van der Waals surface area contributed by atoms with Crippen LogP contribution in [-0.4, -0.2) is 30.1 Å². The summed E-state index contributed by atoms with van der Waals surface area (Å²) in [5.41, 5.74) is 2.97. The Morgan fingerprint density at radius 3 is 2.33 bits per heavy atom. The molecule has 18 heavy (non-hydrogen) atoms. The minimum absolute atomic E-state index is 0.186. The first-order valence-corrected chi connectivity index (χ1v) is 6.03. The Bertz CT molecular complexity index is 437. The lowest BCUT2D eigenvalue weighted by Crippen LogP contribution is -2.14. The van der Waals surface area contributed by atoms with Crippen molar-refractivity contribution in [3.63, 3.8) is 0 Å². The summed E-state index contributed by atoms with van der Waals surface area (Å²) in [5, 5.41) is 8.41. The highest BCUT2D eigenvalue weighted by molar-refractivity contribution is 5.97. The van der Waals surface area contributed by atoms with Gasteiger partial charge in [-0.2, -0.15) is 0 Å². The molecule has 0 aliphatic rings.